The van der Waals surface area contributed by atoms with Crippen molar-refractivity contribution in [1.82, 2.24) is 29.1 Å². The number of nitrogens with zero attached hydrogens (tertiary/aromatic N) is 6. The molecule has 16 aromatic carbocycles. The molecule has 0 aliphatic rings. The number of benzene rings is 16. The van der Waals surface area contributed by atoms with Crippen LogP contribution in [-0.2, 0) is 0 Å². The van der Waals surface area contributed by atoms with Gasteiger partial charge in [-0.05, 0) is 129 Å². The first-order valence-electron chi connectivity index (χ1n) is 36.9. The minimum absolute atomic E-state index is 0.694. The number of thiophene rings is 1. The molecule has 0 aliphatic heterocycles. The predicted octanol–water partition coefficient (Wildman–Crippen LogP) is 23.4. The van der Waals surface area contributed by atoms with E-state index in [0.29, 0.717) is 5.82 Å². The molecule has 6 aromatic heterocycles. The lowest BCUT2D eigenvalue weighted by Crippen LogP contribution is -2.74. The maximum atomic E-state index is 6.82. The third-order valence-corrected chi connectivity index (χ3v) is 27.7. The number of furan rings is 1. The van der Waals surface area contributed by atoms with Crippen LogP contribution in [0.4, 0.5) is 0 Å². The van der Waals surface area contributed by atoms with E-state index < -0.39 is 8.07 Å². The second kappa shape index (κ2) is 26.3. The van der Waals surface area contributed by atoms with Gasteiger partial charge in [-0.25, -0.2) is 19.9 Å². The minimum atomic E-state index is -2.80. The van der Waals surface area contributed by atoms with Gasteiger partial charge in [-0.1, -0.05) is 291 Å². The van der Waals surface area contributed by atoms with Crippen LogP contribution >= 0.6 is 11.3 Å². The molecule has 22 rings (SSSR count). The standard InChI is InChI=1S/C56H37N3OSi.C44H27N3S/c1-5-17-38(18-6-1)53-48-26-13-15-27-50(48)57-56(58-53)39-29-31-40(32-30-39)59-51-36-33-44(37-49(51)46-34-35-47-45-25-14-16-28-52(45)60-55(47)54(46)59)61(41-19-7-2-8-20-41,42-21-9-3-10-22-42)43-23-11-4-12-24-43;1-3-11-28(12-4-1)31-21-26-39-37(27-31)34-24-25-35-33-15-8-10-18-40(33)48-43(35)42(34)47(39)32-22-19-30(20-23-32)44-45-38-17-9-7-16-36(38)41(46-44)29-13-5-2-6-14-29/h1-37H;1-27H. The third-order valence-electron chi connectivity index (χ3n) is 21.8. The molecule has 0 saturated carbocycles. The van der Waals surface area contributed by atoms with Crippen LogP contribution in [0.2, 0.25) is 0 Å². The predicted molar refractivity (Wildman–Crippen MR) is 459 cm³/mol. The van der Waals surface area contributed by atoms with Gasteiger partial charge < -0.3 is 13.6 Å². The lowest BCUT2D eigenvalue weighted by molar-refractivity contribution is 0.671. The van der Waals surface area contributed by atoms with E-state index >= 15 is 0 Å². The van der Waals surface area contributed by atoms with Crippen LogP contribution in [0.25, 0.3) is 175 Å². The van der Waals surface area contributed by atoms with Crippen LogP contribution in [0.1, 0.15) is 0 Å². The molecule has 0 radical (unpaired) electrons. The fourth-order valence-electron chi connectivity index (χ4n) is 16.8. The van der Waals surface area contributed by atoms with E-state index in [2.05, 4.69) is 361 Å². The first-order chi connectivity index (χ1) is 54.1. The molecule has 0 amide bonds. The summed E-state index contributed by atoms with van der Waals surface area (Å²) in [7, 11) is -2.80. The van der Waals surface area contributed by atoms with Crippen LogP contribution in [0, 0.1) is 0 Å². The van der Waals surface area contributed by atoms with Crippen LogP contribution in [0.5, 0.6) is 0 Å². The van der Waals surface area contributed by atoms with Crippen LogP contribution < -0.4 is 20.7 Å². The Balaban J connectivity index is 0.000000143. The number of hydrogen-bond acceptors (Lipinski definition) is 6. The summed E-state index contributed by atoms with van der Waals surface area (Å²) in [5.74, 6) is 1.42. The molecular weight excluding hydrogens is 1360 g/mol. The van der Waals surface area contributed by atoms with Crippen molar-refractivity contribution in [2.45, 2.75) is 0 Å². The fraction of sp³-hybridized carbons (Fsp3) is 0. The summed E-state index contributed by atoms with van der Waals surface area (Å²) >= 11 is 1.88. The molecule has 6 heterocycles. The molecule has 0 N–H and O–H groups in total. The van der Waals surface area contributed by atoms with Gasteiger partial charge in [-0.3, -0.25) is 0 Å². The van der Waals surface area contributed by atoms with Crippen molar-refractivity contribution < 1.29 is 4.42 Å². The van der Waals surface area contributed by atoms with E-state index in [0.717, 1.165) is 111 Å². The Morgan fingerprint density at radius 1 is 0.257 bits per heavy atom. The van der Waals surface area contributed by atoms with E-state index in [1.165, 1.54) is 79.2 Å². The zero-order valence-electron chi connectivity index (χ0n) is 59.0. The number of para-hydroxylation sites is 3. The molecule has 510 valence electrons. The van der Waals surface area contributed by atoms with Gasteiger partial charge >= 0.3 is 0 Å². The topological polar surface area (TPSA) is 74.6 Å². The average molecular weight is 1430 g/mol. The van der Waals surface area contributed by atoms with Crippen molar-refractivity contribution in [3.8, 4) is 67.8 Å². The first-order valence-corrected chi connectivity index (χ1v) is 39.7. The van der Waals surface area contributed by atoms with Crippen molar-refractivity contribution >= 4 is 148 Å². The van der Waals surface area contributed by atoms with E-state index in [9.17, 15) is 0 Å². The summed E-state index contributed by atoms with van der Waals surface area (Å²) in [6.45, 7) is 0. The molecule has 0 atom stereocenters. The summed E-state index contributed by atoms with van der Waals surface area (Å²) in [5, 5.41) is 17.1. The Labute approximate surface area is 632 Å². The molecule has 9 heteroatoms. The Morgan fingerprint density at radius 2 is 0.670 bits per heavy atom. The van der Waals surface area contributed by atoms with E-state index in [1.807, 2.05) is 47.7 Å². The Kier molecular flexibility index (Phi) is 15.3. The normalized spacial score (nSPS) is 11.9. The zero-order chi connectivity index (χ0) is 71.9. The highest BCUT2D eigenvalue weighted by Gasteiger charge is 2.42. The summed E-state index contributed by atoms with van der Waals surface area (Å²) in [5.41, 5.74) is 18.8. The van der Waals surface area contributed by atoms with Crippen molar-refractivity contribution in [2.24, 2.45) is 0 Å². The van der Waals surface area contributed by atoms with E-state index in [4.69, 9.17) is 24.4 Å². The second-order valence-electron chi connectivity index (χ2n) is 27.9. The number of aromatic nitrogens is 6. The van der Waals surface area contributed by atoms with Gasteiger partial charge in [-0.2, -0.15) is 0 Å². The molecule has 0 spiro atoms. The largest absolute Gasteiger partial charge is 0.454 e. The molecule has 0 saturated heterocycles. The monoisotopic (exact) mass is 1420 g/mol. The van der Waals surface area contributed by atoms with Gasteiger partial charge in [0.05, 0.1) is 49.2 Å². The molecule has 22 aromatic rings. The van der Waals surface area contributed by atoms with Crippen LogP contribution in [0.3, 0.4) is 0 Å². The highest BCUT2D eigenvalue weighted by atomic mass is 32.1. The van der Waals surface area contributed by atoms with Gasteiger partial charge in [0.1, 0.15) is 5.58 Å². The summed E-state index contributed by atoms with van der Waals surface area (Å²) in [6.07, 6.45) is 0. The summed E-state index contributed by atoms with van der Waals surface area (Å²) in [6, 6.07) is 139. The molecule has 109 heavy (non-hydrogen) atoms. The van der Waals surface area contributed by atoms with Crippen molar-refractivity contribution in [2.75, 3.05) is 0 Å². The Hall–Kier alpha value is -14.0. The summed E-state index contributed by atoms with van der Waals surface area (Å²) in [4.78, 5) is 20.4. The Bertz CT molecular complexity index is 7150. The van der Waals surface area contributed by atoms with Crippen molar-refractivity contribution in [3.05, 3.63) is 388 Å². The Morgan fingerprint density at radius 3 is 1.22 bits per heavy atom. The van der Waals surface area contributed by atoms with Gasteiger partial charge in [0, 0.05) is 92.2 Å². The van der Waals surface area contributed by atoms with Gasteiger partial charge in [0.25, 0.3) is 0 Å². The summed E-state index contributed by atoms with van der Waals surface area (Å²) < 4.78 is 14.3. The number of fused-ring (bicyclic) bond motifs is 16. The van der Waals surface area contributed by atoms with Crippen molar-refractivity contribution in [3.63, 3.8) is 0 Å². The maximum absolute atomic E-state index is 6.82. The van der Waals surface area contributed by atoms with Crippen LogP contribution in [-0.4, -0.2) is 37.1 Å². The average Bonchev–Trinajstić information content (AvgIpc) is 1.52. The molecule has 0 unspecified atom stereocenters. The second-order valence-corrected chi connectivity index (χ2v) is 32.7. The van der Waals surface area contributed by atoms with E-state index in [-0.39, 0.29) is 0 Å². The molecular formula is C100H64N6OSSi. The maximum Gasteiger partial charge on any atom is 0.179 e. The van der Waals surface area contributed by atoms with E-state index in [1.54, 1.807) is 0 Å². The highest BCUT2D eigenvalue weighted by Crippen LogP contribution is 2.46. The SMILES string of the molecule is c1ccc(-c2ccc3c(c2)c2ccc4c5ccccc5sc4c2n3-c2ccc(-c3nc(-c4ccccc4)c4ccccc4n3)cc2)cc1.c1ccc(-c2nc(-c3ccc(-n4c5ccc([Si](c6ccccc6)(c6ccccc6)c6ccccc6)cc5c5ccc6c7ccccc7oc6c54)cc3)nc3ccccc23)cc1. The molecule has 0 bridgehead atoms. The lowest BCUT2D eigenvalue weighted by atomic mass is 10.0. The molecule has 7 nitrogen and oxygen atoms in total. The minimum Gasteiger partial charge on any atom is -0.454 e. The number of hydrogen-bond donors (Lipinski definition) is 0. The van der Waals surface area contributed by atoms with Gasteiger partial charge in [-0.15, -0.1) is 11.3 Å². The highest BCUT2D eigenvalue weighted by molar-refractivity contribution is 7.26. The van der Waals surface area contributed by atoms with Crippen molar-refractivity contribution in [1.29, 1.82) is 0 Å². The number of rotatable bonds is 11. The lowest BCUT2D eigenvalue weighted by Gasteiger charge is -2.34. The zero-order valence-corrected chi connectivity index (χ0v) is 60.8. The van der Waals surface area contributed by atoms with Crippen LogP contribution in [0.15, 0.2) is 393 Å². The fourth-order valence-corrected chi connectivity index (χ4v) is 22.8. The first kappa shape index (κ1) is 63.5. The smallest absolute Gasteiger partial charge is 0.179 e. The van der Waals surface area contributed by atoms with Gasteiger partial charge in [0.2, 0.25) is 0 Å². The van der Waals surface area contributed by atoms with Gasteiger partial charge in [0.15, 0.2) is 25.3 Å². The molecule has 0 fully saturated rings. The third kappa shape index (κ3) is 10.6. The molecule has 0 aliphatic carbocycles. The quantitative estimate of drug-likeness (QED) is 0.0953.